The Hall–Kier alpha value is -2.61. The zero-order valence-corrected chi connectivity index (χ0v) is 25.2. The van der Waals surface area contributed by atoms with Crippen molar-refractivity contribution in [1.82, 2.24) is 0 Å². The number of aliphatic hydroxyl groups is 19. The first-order valence-corrected chi connectivity index (χ1v) is 13.3. The largest absolute Gasteiger partial charge is 0.479 e. The minimum Gasteiger partial charge on any atom is -0.479 e. The molecule has 25 heteroatoms. The van der Waals surface area contributed by atoms with E-state index >= 15 is 0 Å². The molecule has 49 heavy (non-hydrogen) atoms. The number of hydrogen-bond acceptors (Lipinski definition) is 24. The summed E-state index contributed by atoms with van der Waals surface area (Å²) in [4.78, 5) is 49.6. The number of aldehydes is 4. The van der Waals surface area contributed by atoms with Crippen LogP contribution >= 0.6 is 0 Å². The van der Waals surface area contributed by atoms with Gasteiger partial charge in [-0.25, -0.2) is 4.79 Å². The van der Waals surface area contributed by atoms with Crippen LogP contribution in [0.15, 0.2) is 0 Å². The Morgan fingerprint density at radius 1 is 0.367 bits per heavy atom. The third-order valence-electron chi connectivity index (χ3n) is 5.68. The normalized spacial score (nSPS) is 20.8. The highest BCUT2D eigenvalue weighted by atomic mass is 16.4. The first-order chi connectivity index (χ1) is 22.5. The van der Waals surface area contributed by atoms with E-state index in [1.807, 2.05) is 0 Å². The second-order valence-electron chi connectivity index (χ2n) is 9.46. The number of carbonyl (C=O) groups is 5. The molecule has 0 aliphatic heterocycles. The van der Waals surface area contributed by atoms with Gasteiger partial charge in [0, 0.05) is 0 Å². The monoisotopic (exact) mass is 734 g/mol. The maximum atomic E-state index is 10.1. The Morgan fingerprint density at radius 3 is 0.694 bits per heavy atom. The van der Waals surface area contributed by atoms with Gasteiger partial charge < -0.3 is 121 Å². The van der Waals surface area contributed by atoms with Crippen LogP contribution in [0.2, 0.25) is 0 Å². The molecule has 292 valence electrons. The van der Waals surface area contributed by atoms with Crippen molar-refractivity contribution in [2.75, 3.05) is 19.8 Å². The fraction of sp³-hybridized carbons (Fsp3) is 0.792. The van der Waals surface area contributed by atoms with E-state index in [2.05, 4.69) is 0 Å². The van der Waals surface area contributed by atoms with Crippen molar-refractivity contribution in [3.8, 4) is 0 Å². The fourth-order valence-electron chi connectivity index (χ4n) is 2.47. The van der Waals surface area contributed by atoms with E-state index in [0.717, 1.165) is 0 Å². The summed E-state index contributed by atoms with van der Waals surface area (Å²) in [6.07, 6.45) is -28.9. The van der Waals surface area contributed by atoms with Crippen LogP contribution in [0.25, 0.3) is 0 Å². The van der Waals surface area contributed by atoms with Crippen LogP contribution in [0.5, 0.6) is 0 Å². The molecule has 0 spiro atoms. The van der Waals surface area contributed by atoms with Gasteiger partial charge in [0.05, 0.1) is 19.8 Å². The van der Waals surface area contributed by atoms with E-state index < -0.39 is 123 Å². The Bertz CT molecular complexity index is 804. The number of aliphatic hydroxyl groups excluding tert-OH is 19. The second kappa shape index (κ2) is 29.2. The highest BCUT2D eigenvalue weighted by molar-refractivity contribution is 5.73. The van der Waals surface area contributed by atoms with Gasteiger partial charge in [-0.05, 0) is 0 Å². The first kappa shape index (κ1) is 53.2. The molecule has 0 saturated carbocycles. The van der Waals surface area contributed by atoms with E-state index in [9.17, 15) is 24.0 Å². The van der Waals surface area contributed by atoms with Gasteiger partial charge in [0.15, 0.2) is 31.2 Å². The summed E-state index contributed by atoms with van der Waals surface area (Å²) in [6.45, 7) is -2.28. The van der Waals surface area contributed by atoms with E-state index in [1.165, 1.54) is 0 Å². The highest BCUT2D eigenvalue weighted by Gasteiger charge is 2.34. The molecule has 0 bridgehead atoms. The van der Waals surface area contributed by atoms with Crippen molar-refractivity contribution in [3.63, 3.8) is 0 Å². The minimum absolute atomic E-state index is 0.0258. The smallest absolute Gasteiger partial charge is 0.335 e. The maximum Gasteiger partial charge on any atom is 0.335 e. The molecule has 0 rings (SSSR count). The van der Waals surface area contributed by atoms with Crippen LogP contribution in [0, 0.1) is 0 Å². The molecule has 0 heterocycles. The number of hydrogen-bond donors (Lipinski definition) is 20. The van der Waals surface area contributed by atoms with Gasteiger partial charge in [-0.1, -0.05) is 0 Å². The molecular weight excluding hydrogens is 688 g/mol. The molecular formula is C24H46O25. The maximum absolute atomic E-state index is 10.1. The number of carbonyl (C=O) groups excluding carboxylic acids is 4. The quantitative estimate of drug-likeness (QED) is 0.0516. The number of carboxylic acids is 1. The van der Waals surface area contributed by atoms with Crippen LogP contribution in [0.4, 0.5) is 0 Å². The zero-order chi connectivity index (χ0) is 39.8. The summed E-state index contributed by atoms with van der Waals surface area (Å²) in [6, 6.07) is 0. The Labute approximate surface area is 275 Å². The summed E-state index contributed by atoms with van der Waals surface area (Å²) in [5.74, 6) is -1.76. The molecule has 0 aliphatic carbocycles. The zero-order valence-electron chi connectivity index (χ0n) is 25.2. The Kier molecular flexibility index (Phi) is 31.6. The Balaban J connectivity index is -0.000000276. The fourth-order valence-corrected chi connectivity index (χ4v) is 2.47. The average Bonchev–Trinajstić information content (AvgIpc) is 3.12. The second-order valence-corrected chi connectivity index (χ2v) is 9.46. The number of aliphatic carboxylic acids is 1. The van der Waals surface area contributed by atoms with Crippen LogP contribution in [-0.4, -0.2) is 251 Å². The molecule has 0 aromatic rings. The van der Waals surface area contributed by atoms with Crippen molar-refractivity contribution >= 4 is 31.1 Å². The third kappa shape index (κ3) is 21.3. The van der Waals surface area contributed by atoms with Crippen molar-refractivity contribution in [2.24, 2.45) is 0 Å². The molecule has 0 aromatic carbocycles. The lowest BCUT2D eigenvalue weighted by molar-refractivity contribution is -0.163. The molecule has 0 unspecified atom stereocenters. The molecule has 0 amide bonds. The van der Waals surface area contributed by atoms with Gasteiger partial charge in [0.2, 0.25) is 0 Å². The summed E-state index contributed by atoms with van der Waals surface area (Å²) >= 11 is 0. The van der Waals surface area contributed by atoms with E-state index in [-0.39, 0.29) is 25.1 Å². The van der Waals surface area contributed by atoms with Crippen molar-refractivity contribution < 1.29 is 126 Å². The van der Waals surface area contributed by atoms with Gasteiger partial charge in [-0.3, -0.25) is 0 Å². The third-order valence-corrected chi connectivity index (χ3v) is 5.68. The van der Waals surface area contributed by atoms with Gasteiger partial charge in [0.25, 0.3) is 0 Å². The van der Waals surface area contributed by atoms with E-state index in [0.29, 0.717) is 0 Å². The average molecular weight is 735 g/mol. The van der Waals surface area contributed by atoms with E-state index in [1.54, 1.807) is 0 Å². The predicted octanol–water partition coefficient (Wildman–Crippen LogP) is -13.4. The van der Waals surface area contributed by atoms with Crippen LogP contribution < -0.4 is 0 Å². The molecule has 20 N–H and O–H groups in total. The summed E-state index contributed by atoms with van der Waals surface area (Å²) in [7, 11) is 0. The molecule has 0 radical (unpaired) electrons. The van der Waals surface area contributed by atoms with Crippen LogP contribution in [0.3, 0.4) is 0 Å². The lowest BCUT2D eigenvalue weighted by Gasteiger charge is -2.22. The van der Waals surface area contributed by atoms with Gasteiger partial charge in [-0.15, -0.1) is 0 Å². The molecule has 0 aliphatic rings. The summed E-state index contributed by atoms with van der Waals surface area (Å²) in [5, 5.41) is 174. The summed E-state index contributed by atoms with van der Waals surface area (Å²) < 4.78 is 0. The number of carboxylic acid groups (broad SMARTS) is 1. The van der Waals surface area contributed by atoms with Crippen molar-refractivity contribution in [1.29, 1.82) is 0 Å². The van der Waals surface area contributed by atoms with Gasteiger partial charge in [-0.2, -0.15) is 0 Å². The van der Waals surface area contributed by atoms with Crippen molar-refractivity contribution in [3.05, 3.63) is 0 Å². The van der Waals surface area contributed by atoms with Gasteiger partial charge >= 0.3 is 5.97 Å². The van der Waals surface area contributed by atoms with Crippen LogP contribution in [0.1, 0.15) is 0 Å². The topological polar surface area (TPSA) is 490 Å². The summed E-state index contributed by atoms with van der Waals surface area (Å²) in [5.41, 5.74) is 0. The van der Waals surface area contributed by atoms with Crippen molar-refractivity contribution in [2.45, 2.75) is 97.7 Å². The number of rotatable bonds is 20. The van der Waals surface area contributed by atoms with Gasteiger partial charge in [0.1, 0.15) is 91.6 Å². The standard InChI is InChI=1S/C6H10O7.3C6H12O6/c7-1-2(8)3(9)4(10)5(11)6(12)13;3*7-1-3(9)5(11)6(12)4(10)2-8/h1-5,8-11H,(H,12,13);3*1,3-6,8-12H,2H2/t2-,3+,4-,5-;3-,4+,5+,6+;3-,4+,5+,6-;3-,4-,5-,6-/m0001/s1. The highest BCUT2D eigenvalue weighted by Crippen LogP contribution is 2.06. The lowest BCUT2D eigenvalue weighted by Crippen LogP contribution is -2.48. The molecule has 0 fully saturated rings. The lowest BCUT2D eigenvalue weighted by atomic mass is 10.0. The predicted molar refractivity (Wildman–Crippen MR) is 149 cm³/mol. The first-order valence-electron chi connectivity index (χ1n) is 13.3. The van der Waals surface area contributed by atoms with Crippen LogP contribution in [-0.2, 0) is 24.0 Å². The molecule has 25 nitrogen and oxygen atoms in total. The molecule has 0 aromatic heterocycles. The molecule has 16 atom stereocenters. The SMILES string of the molecule is O=C[C@@H](O)[C@@H](O)[C@H](O)[C@H](O)CO.O=C[C@H](O)[C@@H](O)[C@@H](O)[C@H](O)CO.O=C[C@H](O)[C@@H](O)[C@H](O)[C@H](O)C(=O)O.O=C[C@H](O)[C@@H](O)[C@H](O)[C@H](O)CO. The Morgan fingerprint density at radius 2 is 0.551 bits per heavy atom. The minimum atomic E-state index is -2.25. The molecule has 0 saturated heterocycles. The van der Waals surface area contributed by atoms with E-state index in [4.69, 9.17) is 102 Å².